The van der Waals surface area contributed by atoms with Crippen LogP contribution in [0.5, 0.6) is 0 Å². The topological polar surface area (TPSA) is 110 Å². The van der Waals surface area contributed by atoms with Crippen molar-refractivity contribution in [3.05, 3.63) is 12.2 Å². The van der Waals surface area contributed by atoms with Crippen molar-refractivity contribution in [3.63, 3.8) is 0 Å². The van der Waals surface area contributed by atoms with Crippen LogP contribution >= 0.6 is 0 Å². The maximum Gasteiger partial charge on any atom is 0.249 e. The highest BCUT2D eigenvalue weighted by molar-refractivity contribution is 5.80. The quantitative estimate of drug-likeness (QED) is 0.0316. The molecule has 52 heavy (non-hydrogen) atoms. The summed E-state index contributed by atoms with van der Waals surface area (Å²) in [6.45, 7) is 4.02. The SMILES string of the molecule is CCCCC/C=C\CCCCCCC(O)C(=O)NC(CO)C(O)C(O)CCCCCCCCCCCCCCCCCCCCCCCCCCC. The number of allylic oxidation sites excluding steroid dienone is 2. The molecule has 6 nitrogen and oxygen atoms in total. The molecule has 0 bridgehead atoms. The fourth-order valence-corrected chi connectivity index (χ4v) is 7.28. The molecule has 0 aliphatic rings. The molecule has 310 valence electrons. The maximum atomic E-state index is 12.5. The van der Waals surface area contributed by atoms with E-state index in [4.69, 9.17) is 0 Å². The van der Waals surface area contributed by atoms with Crippen molar-refractivity contribution in [2.75, 3.05) is 6.61 Å². The van der Waals surface area contributed by atoms with Crippen molar-refractivity contribution in [3.8, 4) is 0 Å². The molecule has 0 aliphatic carbocycles. The van der Waals surface area contributed by atoms with Crippen LogP contribution < -0.4 is 5.32 Å². The highest BCUT2D eigenvalue weighted by Crippen LogP contribution is 2.17. The molecular weight excluding hydrogens is 647 g/mol. The Morgan fingerprint density at radius 3 is 1.15 bits per heavy atom. The number of carbonyl (C=O) groups excluding carboxylic acids is 1. The van der Waals surface area contributed by atoms with Gasteiger partial charge in [0, 0.05) is 0 Å². The second-order valence-electron chi connectivity index (χ2n) is 16.1. The minimum atomic E-state index is -1.26. The Hall–Kier alpha value is -0.950. The van der Waals surface area contributed by atoms with Gasteiger partial charge < -0.3 is 25.7 Å². The van der Waals surface area contributed by atoms with E-state index < -0.39 is 36.9 Å². The molecule has 6 heteroatoms. The Morgan fingerprint density at radius 2 is 0.769 bits per heavy atom. The predicted octanol–water partition coefficient (Wildman–Crippen LogP) is 12.2. The number of nitrogens with one attached hydrogen (secondary N) is 1. The second-order valence-corrected chi connectivity index (χ2v) is 16.1. The summed E-state index contributed by atoms with van der Waals surface area (Å²) in [5.74, 6) is -0.592. The Kier molecular flexibility index (Phi) is 40.5. The summed E-state index contributed by atoms with van der Waals surface area (Å²) in [5, 5.41) is 43.6. The average Bonchev–Trinajstić information content (AvgIpc) is 3.15. The number of hydrogen-bond donors (Lipinski definition) is 5. The van der Waals surface area contributed by atoms with Gasteiger partial charge in [-0.3, -0.25) is 4.79 Å². The minimum absolute atomic E-state index is 0.356. The molecule has 0 aliphatic heterocycles. The van der Waals surface area contributed by atoms with E-state index in [9.17, 15) is 25.2 Å². The fraction of sp³-hybridized carbons (Fsp3) is 0.935. The van der Waals surface area contributed by atoms with Crippen LogP contribution in [0.15, 0.2) is 12.2 Å². The standard InChI is InChI=1S/C46H91NO5/c1-3-5-7-9-11-13-15-16-17-18-19-20-21-22-23-24-25-26-27-28-30-31-33-35-37-39-43(49)45(51)42(41-48)47-46(52)44(50)40-38-36-34-32-29-14-12-10-8-6-4-2/h12,14,42-45,48-51H,3-11,13,15-41H2,1-2H3,(H,47,52)/b14-12-. The second kappa shape index (κ2) is 41.2. The third-order valence-electron chi connectivity index (χ3n) is 11.0. The number of aliphatic hydroxyl groups excluding tert-OH is 4. The fourth-order valence-electron chi connectivity index (χ4n) is 7.28. The lowest BCUT2D eigenvalue weighted by Crippen LogP contribution is -2.53. The van der Waals surface area contributed by atoms with Crippen molar-refractivity contribution in [2.24, 2.45) is 0 Å². The van der Waals surface area contributed by atoms with Crippen LogP contribution in [0.1, 0.15) is 245 Å². The molecule has 0 aromatic rings. The van der Waals surface area contributed by atoms with Gasteiger partial charge >= 0.3 is 0 Å². The Bertz CT molecular complexity index is 746. The van der Waals surface area contributed by atoms with Gasteiger partial charge in [-0.05, 0) is 38.5 Å². The molecule has 0 spiro atoms. The maximum absolute atomic E-state index is 12.5. The third-order valence-corrected chi connectivity index (χ3v) is 11.0. The van der Waals surface area contributed by atoms with E-state index >= 15 is 0 Å². The molecule has 0 aromatic carbocycles. The zero-order valence-electron chi connectivity index (χ0n) is 34.8. The van der Waals surface area contributed by atoms with E-state index in [-0.39, 0.29) is 0 Å². The Labute approximate surface area is 323 Å². The first kappa shape index (κ1) is 51.0. The monoisotopic (exact) mass is 738 g/mol. The van der Waals surface area contributed by atoms with E-state index in [0.29, 0.717) is 12.8 Å². The molecule has 0 heterocycles. The number of unbranched alkanes of at least 4 members (excludes halogenated alkanes) is 31. The Morgan fingerprint density at radius 1 is 0.462 bits per heavy atom. The molecular formula is C46H91NO5. The molecule has 0 rings (SSSR count). The largest absolute Gasteiger partial charge is 0.394 e. The van der Waals surface area contributed by atoms with E-state index in [1.54, 1.807) is 0 Å². The number of carbonyl (C=O) groups is 1. The lowest BCUT2D eigenvalue weighted by atomic mass is 9.99. The van der Waals surface area contributed by atoms with Crippen LogP contribution in [0, 0.1) is 0 Å². The summed E-state index contributed by atoms with van der Waals surface area (Å²) in [7, 11) is 0. The molecule has 0 saturated heterocycles. The van der Waals surface area contributed by atoms with Crippen molar-refractivity contribution >= 4 is 5.91 Å². The number of amides is 1. The molecule has 0 saturated carbocycles. The van der Waals surface area contributed by atoms with Gasteiger partial charge in [0.25, 0.3) is 0 Å². The van der Waals surface area contributed by atoms with Gasteiger partial charge in [-0.2, -0.15) is 0 Å². The van der Waals surface area contributed by atoms with Gasteiger partial charge in [0.15, 0.2) is 0 Å². The van der Waals surface area contributed by atoms with Gasteiger partial charge in [0.1, 0.15) is 12.2 Å². The van der Waals surface area contributed by atoms with Gasteiger partial charge in [-0.1, -0.05) is 219 Å². The van der Waals surface area contributed by atoms with Crippen molar-refractivity contribution in [2.45, 2.75) is 269 Å². The summed E-state index contributed by atoms with van der Waals surface area (Å²) in [6, 6.07) is -0.986. The summed E-state index contributed by atoms with van der Waals surface area (Å²) >= 11 is 0. The smallest absolute Gasteiger partial charge is 0.249 e. The predicted molar refractivity (Wildman–Crippen MR) is 224 cm³/mol. The molecule has 4 unspecified atom stereocenters. The van der Waals surface area contributed by atoms with Crippen LogP contribution in [0.25, 0.3) is 0 Å². The van der Waals surface area contributed by atoms with Crippen molar-refractivity contribution in [1.82, 2.24) is 5.32 Å². The third kappa shape index (κ3) is 34.8. The molecule has 5 N–H and O–H groups in total. The first-order valence-electron chi connectivity index (χ1n) is 23.1. The number of rotatable bonds is 42. The van der Waals surface area contributed by atoms with E-state index in [1.165, 1.54) is 161 Å². The molecule has 0 aromatic heterocycles. The van der Waals surface area contributed by atoms with Gasteiger partial charge in [-0.25, -0.2) is 0 Å². The first-order valence-corrected chi connectivity index (χ1v) is 23.1. The van der Waals surface area contributed by atoms with Crippen LogP contribution in [-0.4, -0.2) is 57.3 Å². The van der Waals surface area contributed by atoms with Crippen LogP contribution in [0.2, 0.25) is 0 Å². The lowest BCUT2D eigenvalue weighted by molar-refractivity contribution is -0.132. The van der Waals surface area contributed by atoms with Crippen LogP contribution in [0.4, 0.5) is 0 Å². The minimum Gasteiger partial charge on any atom is -0.394 e. The van der Waals surface area contributed by atoms with E-state index in [2.05, 4.69) is 31.3 Å². The average molecular weight is 738 g/mol. The van der Waals surface area contributed by atoms with E-state index in [0.717, 1.165) is 57.8 Å². The van der Waals surface area contributed by atoms with Gasteiger partial charge in [0.2, 0.25) is 5.91 Å². The zero-order valence-corrected chi connectivity index (χ0v) is 34.8. The molecule has 0 fully saturated rings. The van der Waals surface area contributed by atoms with Crippen LogP contribution in [0.3, 0.4) is 0 Å². The number of hydrogen-bond acceptors (Lipinski definition) is 5. The highest BCUT2D eigenvalue weighted by atomic mass is 16.3. The molecule has 1 amide bonds. The summed E-state index contributed by atoms with van der Waals surface area (Å²) in [6.07, 6.45) is 45.5. The summed E-state index contributed by atoms with van der Waals surface area (Å²) < 4.78 is 0. The highest BCUT2D eigenvalue weighted by Gasteiger charge is 2.28. The summed E-state index contributed by atoms with van der Waals surface area (Å²) in [4.78, 5) is 12.5. The molecule has 0 radical (unpaired) electrons. The normalized spacial score (nSPS) is 14.2. The first-order chi connectivity index (χ1) is 25.5. The van der Waals surface area contributed by atoms with Crippen molar-refractivity contribution in [1.29, 1.82) is 0 Å². The van der Waals surface area contributed by atoms with Crippen molar-refractivity contribution < 1.29 is 25.2 Å². The number of aliphatic hydroxyl groups is 4. The van der Waals surface area contributed by atoms with Crippen LogP contribution in [-0.2, 0) is 4.79 Å². The van der Waals surface area contributed by atoms with Gasteiger partial charge in [0.05, 0.1) is 18.8 Å². The summed E-state index contributed by atoms with van der Waals surface area (Å²) in [5.41, 5.74) is 0. The van der Waals surface area contributed by atoms with Gasteiger partial charge in [-0.15, -0.1) is 0 Å². The lowest BCUT2D eigenvalue weighted by Gasteiger charge is -2.27. The van der Waals surface area contributed by atoms with E-state index in [1.807, 2.05) is 0 Å². The molecule has 4 atom stereocenters. The zero-order chi connectivity index (χ0) is 38.2. The Balaban J connectivity index is 3.62.